The highest BCUT2D eigenvalue weighted by molar-refractivity contribution is 5.78. The van der Waals surface area contributed by atoms with Crippen molar-refractivity contribution in [1.29, 1.82) is 0 Å². The van der Waals surface area contributed by atoms with Crippen molar-refractivity contribution in [3.8, 4) is 0 Å². The minimum absolute atomic E-state index is 0.00807. The second-order valence-corrected chi connectivity index (χ2v) is 4.95. The van der Waals surface area contributed by atoms with Crippen LogP contribution in [0.15, 0.2) is 12.1 Å². The number of piperidine rings is 1. The summed E-state index contributed by atoms with van der Waals surface area (Å²) in [5, 5.41) is 16.5. The van der Waals surface area contributed by atoms with E-state index in [4.69, 9.17) is 0 Å². The molecule has 0 aliphatic carbocycles. The fraction of sp³-hybridized carbons (Fsp3) is 0.538. The quantitative estimate of drug-likeness (QED) is 0.634. The first kappa shape index (κ1) is 15.0. The summed E-state index contributed by atoms with van der Waals surface area (Å²) in [5.41, 5.74) is 0.0118. The molecule has 2 heterocycles. The molecule has 1 aliphatic rings. The number of anilines is 2. The van der Waals surface area contributed by atoms with E-state index in [1.165, 1.54) is 12.1 Å². The number of rotatable bonds is 4. The second kappa shape index (κ2) is 6.38. The molecule has 1 fully saturated rings. The smallest absolute Gasteiger partial charge is 0.276 e. The van der Waals surface area contributed by atoms with E-state index in [2.05, 4.69) is 15.6 Å². The third-order valence-corrected chi connectivity index (χ3v) is 3.70. The lowest BCUT2D eigenvalue weighted by Crippen LogP contribution is -2.40. The van der Waals surface area contributed by atoms with Crippen molar-refractivity contribution in [1.82, 2.24) is 10.3 Å². The highest BCUT2D eigenvalue weighted by atomic mass is 16.6. The predicted molar refractivity (Wildman–Crippen MR) is 79.4 cm³/mol. The van der Waals surface area contributed by atoms with E-state index in [-0.39, 0.29) is 17.5 Å². The third-order valence-electron chi connectivity index (χ3n) is 3.70. The minimum atomic E-state index is -0.427. The van der Waals surface area contributed by atoms with Crippen molar-refractivity contribution < 1.29 is 9.72 Å². The van der Waals surface area contributed by atoms with Crippen LogP contribution in [0.2, 0.25) is 0 Å². The maximum absolute atomic E-state index is 11.6. The zero-order valence-corrected chi connectivity index (χ0v) is 12.1. The SMILES string of the molecule is CNC(=O)C1CCN(c2cc([N+](=O)[O-])cc(NC)n2)CC1. The molecule has 8 nitrogen and oxygen atoms in total. The predicted octanol–water partition coefficient (Wildman–Crippen LogP) is 0.994. The van der Waals surface area contributed by atoms with Gasteiger partial charge in [-0.3, -0.25) is 14.9 Å². The second-order valence-electron chi connectivity index (χ2n) is 4.95. The summed E-state index contributed by atoms with van der Waals surface area (Å²) in [7, 11) is 3.31. The average Bonchev–Trinajstić information content (AvgIpc) is 2.53. The fourth-order valence-corrected chi connectivity index (χ4v) is 2.47. The minimum Gasteiger partial charge on any atom is -0.373 e. The van der Waals surface area contributed by atoms with Gasteiger partial charge in [-0.05, 0) is 12.8 Å². The average molecular weight is 293 g/mol. The molecular formula is C13H19N5O3. The summed E-state index contributed by atoms with van der Waals surface area (Å²) in [6.45, 7) is 1.32. The van der Waals surface area contributed by atoms with E-state index < -0.39 is 4.92 Å². The number of pyridine rings is 1. The number of carbonyl (C=O) groups is 1. The molecule has 2 N–H and O–H groups in total. The van der Waals surface area contributed by atoms with E-state index in [1.807, 2.05) is 4.90 Å². The number of aromatic nitrogens is 1. The van der Waals surface area contributed by atoms with Gasteiger partial charge in [-0.2, -0.15) is 0 Å². The van der Waals surface area contributed by atoms with Gasteiger partial charge < -0.3 is 15.5 Å². The largest absolute Gasteiger partial charge is 0.373 e. The number of carbonyl (C=O) groups excluding carboxylic acids is 1. The van der Waals surface area contributed by atoms with Crippen molar-refractivity contribution in [3.05, 3.63) is 22.2 Å². The van der Waals surface area contributed by atoms with Crippen LogP contribution in [0.1, 0.15) is 12.8 Å². The number of hydrogen-bond donors (Lipinski definition) is 2. The fourth-order valence-electron chi connectivity index (χ4n) is 2.47. The Bertz CT molecular complexity index is 541. The molecule has 0 saturated carbocycles. The van der Waals surface area contributed by atoms with Gasteiger partial charge in [0.15, 0.2) is 0 Å². The molecule has 0 aromatic carbocycles. The molecule has 1 amide bonds. The summed E-state index contributed by atoms with van der Waals surface area (Å²) >= 11 is 0. The van der Waals surface area contributed by atoms with Crippen molar-refractivity contribution in [2.24, 2.45) is 5.92 Å². The summed E-state index contributed by atoms with van der Waals surface area (Å²) in [5.74, 6) is 1.10. The lowest BCUT2D eigenvalue weighted by atomic mass is 9.96. The van der Waals surface area contributed by atoms with E-state index in [1.54, 1.807) is 14.1 Å². The van der Waals surface area contributed by atoms with Gasteiger partial charge in [-0.15, -0.1) is 0 Å². The summed E-state index contributed by atoms with van der Waals surface area (Å²) in [4.78, 5) is 28.5. The molecule has 1 aromatic heterocycles. The zero-order chi connectivity index (χ0) is 15.4. The molecule has 1 aliphatic heterocycles. The molecule has 0 unspecified atom stereocenters. The van der Waals surface area contributed by atoms with Crippen LogP contribution >= 0.6 is 0 Å². The molecule has 1 aromatic rings. The molecular weight excluding hydrogens is 274 g/mol. The first-order chi connectivity index (χ1) is 10.0. The summed E-state index contributed by atoms with van der Waals surface area (Å²) < 4.78 is 0. The third kappa shape index (κ3) is 3.39. The van der Waals surface area contributed by atoms with Gasteiger partial charge in [0.1, 0.15) is 11.6 Å². The zero-order valence-electron chi connectivity index (χ0n) is 12.1. The monoisotopic (exact) mass is 293 g/mol. The van der Waals surface area contributed by atoms with Gasteiger partial charge in [0.2, 0.25) is 5.91 Å². The molecule has 0 bridgehead atoms. The van der Waals surface area contributed by atoms with Crippen LogP contribution in [0.5, 0.6) is 0 Å². The molecule has 8 heteroatoms. The van der Waals surface area contributed by atoms with Gasteiger partial charge >= 0.3 is 0 Å². The van der Waals surface area contributed by atoms with Crippen LogP contribution in [-0.2, 0) is 4.79 Å². The van der Waals surface area contributed by atoms with Crippen LogP contribution in [-0.4, -0.2) is 43.0 Å². The van der Waals surface area contributed by atoms with Gasteiger partial charge in [0.25, 0.3) is 5.69 Å². The van der Waals surface area contributed by atoms with Gasteiger partial charge in [-0.25, -0.2) is 4.98 Å². The lowest BCUT2D eigenvalue weighted by Gasteiger charge is -2.32. The maximum atomic E-state index is 11.6. The Morgan fingerprint density at radius 3 is 2.57 bits per heavy atom. The Hall–Kier alpha value is -2.38. The Kier molecular flexibility index (Phi) is 4.56. The van der Waals surface area contributed by atoms with E-state index in [0.717, 1.165) is 12.8 Å². The molecule has 0 spiro atoms. The van der Waals surface area contributed by atoms with Crippen molar-refractivity contribution in [2.45, 2.75) is 12.8 Å². The van der Waals surface area contributed by atoms with Crippen LogP contribution in [0.4, 0.5) is 17.3 Å². The normalized spacial score (nSPS) is 15.6. The lowest BCUT2D eigenvalue weighted by molar-refractivity contribution is -0.384. The molecule has 0 atom stereocenters. The van der Waals surface area contributed by atoms with E-state index in [9.17, 15) is 14.9 Å². The first-order valence-electron chi connectivity index (χ1n) is 6.86. The Labute approximate surface area is 122 Å². The van der Waals surface area contributed by atoms with E-state index >= 15 is 0 Å². The molecule has 21 heavy (non-hydrogen) atoms. The van der Waals surface area contributed by atoms with Gasteiger partial charge in [-0.1, -0.05) is 0 Å². The van der Waals surface area contributed by atoms with Crippen LogP contribution < -0.4 is 15.5 Å². The first-order valence-corrected chi connectivity index (χ1v) is 6.86. The molecule has 0 radical (unpaired) electrons. The number of amides is 1. The van der Waals surface area contributed by atoms with Crippen LogP contribution in [0.3, 0.4) is 0 Å². The van der Waals surface area contributed by atoms with Gasteiger partial charge in [0, 0.05) is 33.1 Å². The number of nitrogens with zero attached hydrogens (tertiary/aromatic N) is 3. The summed E-state index contributed by atoms with van der Waals surface area (Å²) in [6, 6.07) is 2.88. The van der Waals surface area contributed by atoms with Crippen LogP contribution in [0, 0.1) is 16.0 Å². The maximum Gasteiger partial charge on any atom is 0.276 e. The Balaban J connectivity index is 2.14. The van der Waals surface area contributed by atoms with Crippen molar-refractivity contribution >= 4 is 23.2 Å². The molecule has 1 saturated heterocycles. The standard InChI is InChI=1S/C13H19N5O3/c1-14-11-7-10(18(20)21)8-12(16-11)17-5-3-9(4-6-17)13(19)15-2/h7-9H,3-6H2,1-2H3,(H,14,16)(H,15,19). The molecule has 2 rings (SSSR count). The summed E-state index contributed by atoms with van der Waals surface area (Å²) in [6.07, 6.45) is 1.44. The Morgan fingerprint density at radius 1 is 1.38 bits per heavy atom. The topological polar surface area (TPSA) is 100 Å². The highest BCUT2D eigenvalue weighted by Gasteiger charge is 2.26. The number of nitro groups is 1. The number of hydrogen-bond acceptors (Lipinski definition) is 6. The number of nitrogens with one attached hydrogen (secondary N) is 2. The Morgan fingerprint density at radius 2 is 2.05 bits per heavy atom. The van der Waals surface area contributed by atoms with Crippen LogP contribution in [0.25, 0.3) is 0 Å². The van der Waals surface area contributed by atoms with Crippen molar-refractivity contribution in [2.75, 3.05) is 37.4 Å². The highest BCUT2D eigenvalue weighted by Crippen LogP contribution is 2.27. The van der Waals surface area contributed by atoms with Gasteiger partial charge in [0.05, 0.1) is 17.1 Å². The van der Waals surface area contributed by atoms with E-state index in [0.29, 0.717) is 24.7 Å². The molecule has 114 valence electrons. The van der Waals surface area contributed by atoms with Crippen molar-refractivity contribution in [3.63, 3.8) is 0 Å².